The van der Waals surface area contributed by atoms with Gasteiger partial charge in [0.2, 0.25) is 5.91 Å². The van der Waals surface area contributed by atoms with Crippen molar-refractivity contribution in [3.63, 3.8) is 0 Å². The van der Waals surface area contributed by atoms with Crippen LogP contribution in [0.1, 0.15) is 50.0 Å². The number of halogens is 4. The van der Waals surface area contributed by atoms with Gasteiger partial charge in [0, 0.05) is 30.8 Å². The number of carbonyl (C=O) groups is 1. The molecule has 1 N–H and O–H groups in total. The molecule has 0 fully saturated rings. The van der Waals surface area contributed by atoms with E-state index in [1.54, 1.807) is 30.2 Å². The van der Waals surface area contributed by atoms with E-state index in [0.29, 0.717) is 36.3 Å². The van der Waals surface area contributed by atoms with Crippen LogP contribution in [0.5, 0.6) is 0 Å². The van der Waals surface area contributed by atoms with Crippen LogP contribution in [0.25, 0.3) is 28.2 Å². The van der Waals surface area contributed by atoms with Crippen LogP contribution >= 0.6 is 11.6 Å². The van der Waals surface area contributed by atoms with E-state index in [1.807, 2.05) is 13.0 Å². The van der Waals surface area contributed by atoms with E-state index in [1.165, 1.54) is 23.0 Å². The monoisotopic (exact) mass is 623 g/mol. The second kappa shape index (κ2) is 11.7. The Morgan fingerprint density at radius 3 is 2.68 bits per heavy atom. The van der Waals surface area contributed by atoms with E-state index in [-0.39, 0.29) is 33.8 Å². The maximum atomic E-state index is 15.4. The molecule has 2 bridgehead atoms. The minimum absolute atomic E-state index is 0.0237. The van der Waals surface area contributed by atoms with E-state index in [2.05, 4.69) is 30.7 Å². The number of pyridine rings is 1. The van der Waals surface area contributed by atoms with Gasteiger partial charge in [0.15, 0.2) is 5.82 Å². The Morgan fingerprint density at radius 1 is 1.11 bits per heavy atom. The van der Waals surface area contributed by atoms with Crippen LogP contribution in [0.2, 0.25) is 5.02 Å². The van der Waals surface area contributed by atoms with Crippen LogP contribution < -0.4 is 10.9 Å². The van der Waals surface area contributed by atoms with Crippen LogP contribution in [0.4, 0.5) is 18.9 Å². The number of aromatic nitrogens is 8. The lowest BCUT2D eigenvalue weighted by atomic mass is 9.97. The minimum Gasteiger partial charge on any atom is -0.323 e. The Kier molecular flexibility index (Phi) is 7.76. The zero-order chi connectivity index (χ0) is 31.1. The van der Waals surface area contributed by atoms with Gasteiger partial charge >= 0.3 is 0 Å². The van der Waals surface area contributed by atoms with E-state index >= 15 is 4.39 Å². The number of nitrogens with zero attached hydrogens (tertiary/aromatic N) is 8. The maximum absolute atomic E-state index is 15.4. The number of hydrogen-bond donors (Lipinski definition) is 1. The molecule has 1 amide bonds. The molecule has 5 aromatic rings. The van der Waals surface area contributed by atoms with Crippen molar-refractivity contribution in [3.05, 3.63) is 87.8 Å². The number of benzene rings is 1. The molecule has 1 aliphatic heterocycles. The third-order valence-corrected chi connectivity index (χ3v) is 7.93. The first-order valence-corrected chi connectivity index (χ1v) is 14.1. The third kappa shape index (κ3) is 5.36. The smallest absolute Gasteiger partial charge is 0.283 e. The van der Waals surface area contributed by atoms with Crippen molar-refractivity contribution in [1.29, 1.82) is 0 Å². The second-order valence-electron chi connectivity index (χ2n) is 10.5. The highest BCUT2D eigenvalue weighted by Crippen LogP contribution is 2.34. The molecule has 0 radical (unpaired) electrons. The number of fused-ring (bicyclic) bond motifs is 4. The normalized spacial score (nSPS) is 17.1. The average molecular weight is 624 g/mol. The third-order valence-electron chi connectivity index (χ3n) is 7.64. The molecule has 0 spiro atoms. The Labute approximate surface area is 253 Å². The average Bonchev–Trinajstić information content (AvgIpc) is 3.64. The summed E-state index contributed by atoms with van der Waals surface area (Å²) in [6.45, 7) is 1.84. The summed E-state index contributed by atoms with van der Waals surface area (Å²) in [6.07, 6.45) is 4.19. The van der Waals surface area contributed by atoms with E-state index in [9.17, 15) is 18.4 Å². The molecule has 0 saturated heterocycles. The molecule has 44 heavy (non-hydrogen) atoms. The molecule has 0 saturated carbocycles. The number of hydrogen-bond acceptors (Lipinski definition) is 7. The molecule has 11 nitrogen and oxygen atoms in total. The van der Waals surface area contributed by atoms with Crippen molar-refractivity contribution in [2.24, 2.45) is 13.0 Å². The molecule has 0 aliphatic carbocycles. The zero-order valence-electron chi connectivity index (χ0n) is 23.5. The van der Waals surface area contributed by atoms with Crippen molar-refractivity contribution >= 4 is 23.2 Å². The summed E-state index contributed by atoms with van der Waals surface area (Å²) in [5, 5.41) is 14.2. The molecule has 4 aromatic heterocycles. The van der Waals surface area contributed by atoms with Crippen molar-refractivity contribution in [2.45, 2.75) is 38.7 Å². The maximum Gasteiger partial charge on any atom is 0.283 e. The molecule has 226 valence electrons. The topological polar surface area (TPSA) is 125 Å². The van der Waals surface area contributed by atoms with Gasteiger partial charge in [-0.05, 0) is 37.1 Å². The summed E-state index contributed by atoms with van der Waals surface area (Å²) in [5.41, 5.74) is 1.21. The fourth-order valence-electron chi connectivity index (χ4n) is 5.33. The molecular formula is C29H25ClF3N9O2. The standard InChI is InChI=1S/C29H25ClF3N9O2/c1-15-4-3-5-22(18-10-16(8-9-34-18)27-20(37-29(15)44)12-36-40(27)2)41-14-35-19(11-24(41)43)25-23(7-6-17(30)26(25)31)42-13-21(28(32)33)38-39-42/h6-15,22,28H,3-5H2,1-2H3,(H,37,44). The molecule has 2 atom stereocenters. The minimum atomic E-state index is -2.88. The van der Waals surface area contributed by atoms with Gasteiger partial charge in [0.25, 0.3) is 12.0 Å². The molecule has 2 unspecified atom stereocenters. The lowest BCUT2D eigenvalue weighted by molar-refractivity contribution is -0.119. The predicted molar refractivity (Wildman–Crippen MR) is 155 cm³/mol. The Balaban J connectivity index is 1.45. The summed E-state index contributed by atoms with van der Waals surface area (Å²) < 4.78 is 45.8. The first-order valence-electron chi connectivity index (χ1n) is 13.7. The zero-order valence-corrected chi connectivity index (χ0v) is 24.2. The van der Waals surface area contributed by atoms with Crippen LogP contribution in [-0.2, 0) is 11.8 Å². The van der Waals surface area contributed by atoms with Gasteiger partial charge in [-0.2, -0.15) is 5.10 Å². The van der Waals surface area contributed by atoms with Gasteiger partial charge in [-0.1, -0.05) is 30.2 Å². The summed E-state index contributed by atoms with van der Waals surface area (Å²) in [7, 11) is 1.77. The second-order valence-corrected chi connectivity index (χ2v) is 10.9. The van der Waals surface area contributed by atoms with Gasteiger partial charge in [-0.3, -0.25) is 23.8 Å². The van der Waals surface area contributed by atoms with Crippen molar-refractivity contribution in [3.8, 4) is 28.2 Å². The number of amides is 1. The van der Waals surface area contributed by atoms with Gasteiger partial charge in [0.1, 0.15) is 5.69 Å². The number of alkyl halides is 2. The highest BCUT2D eigenvalue weighted by molar-refractivity contribution is 6.31. The van der Waals surface area contributed by atoms with Gasteiger partial charge in [-0.25, -0.2) is 22.8 Å². The fraction of sp³-hybridized carbons (Fsp3) is 0.276. The lowest BCUT2D eigenvalue weighted by Gasteiger charge is -2.22. The lowest BCUT2D eigenvalue weighted by Crippen LogP contribution is -2.27. The summed E-state index contributed by atoms with van der Waals surface area (Å²) in [5.74, 6) is -1.35. The summed E-state index contributed by atoms with van der Waals surface area (Å²) in [4.78, 5) is 35.6. The fourth-order valence-corrected chi connectivity index (χ4v) is 5.49. The Hall–Kier alpha value is -4.85. The molecule has 15 heteroatoms. The highest BCUT2D eigenvalue weighted by Gasteiger charge is 2.25. The van der Waals surface area contributed by atoms with Gasteiger partial charge in [0.05, 0.1) is 63.8 Å². The molecule has 5 heterocycles. The molecule has 6 rings (SSSR count). The quantitative estimate of drug-likeness (QED) is 0.285. The molecular weight excluding hydrogens is 599 g/mol. The van der Waals surface area contributed by atoms with E-state index < -0.39 is 29.5 Å². The van der Waals surface area contributed by atoms with Gasteiger partial charge < -0.3 is 5.32 Å². The first-order chi connectivity index (χ1) is 21.1. The van der Waals surface area contributed by atoms with E-state index in [4.69, 9.17) is 11.6 Å². The first kappa shape index (κ1) is 29.2. The predicted octanol–water partition coefficient (Wildman–Crippen LogP) is 5.36. The van der Waals surface area contributed by atoms with Crippen LogP contribution in [0, 0.1) is 11.7 Å². The SMILES string of the molecule is CC1CCCC(n2cnc(-c3c(-n4cc(C(F)F)nn4)ccc(Cl)c3F)cc2=O)c2cc(ccn2)-c2c(cnn2C)NC1=O. The number of rotatable bonds is 4. The van der Waals surface area contributed by atoms with Gasteiger partial charge in [-0.15, -0.1) is 5.10 Å². The largest absolute Gasteiger partial charge is 0.323 e. The number of nitrogens with one attached hydrogen (secondary N) is 1. The number of carbonyl (C=O) groups excluding carboxylic acids is 1. The summed E-state index contributed by atoms with van der Waals surface area (Å²) in [6, 6.07) is 6.84. The van der Waals surface area contributed by atoms with Crippen molar-refractivity contribution in [2.75, 3.05) is 5.32 Å². The molecule has 1 aromatic carbocycles. The van der Waals surface area contributed by atoms with E-state index in [0.717, 1.165) is 22.5 Å². The summed E-state index contributed by atoms with van der Waals surface area (Å²) >= 11 is 6.06. The highest BCUT2D eigenvalue weighted by atomic mass is 35.5. The Morgan fingerprint density at radius 2 is 1.93 bits per heavy atom. The Bertz CT molecular complexity index is 1940. The van der Waals surface area contributed by atoms with Crippen LogP contribution in [-0.4, -0.2) is 45.2 Å². The van der Waals surface area contributed by atoms with Crippen LogP contribution in [0.15, 0.2) is 60.0 Å². The number of aryl methyl sites for hydroxylation is 1. The van der Waals surface area contributed by atoms with Crippen molar-refractivity contribution < 1.29 is 18.0 Å². The number of anilines is 1. The van der Waals surface area contributed by atoms with Crippen LogP contribution in [0.3, 0.4) is 0 Å². The molecule has 1 aliphatic rings. The van der Waals surface area contributed by atoms with Crippen molar-refractivity contribution in [1.82, 2.24) is 39.3 Å².